The smallest absolute Gasteiger partial charge is 0.407 e. The summed E-state index contributed by atoms with van der Waals surface area (Å²) in [6.07, 6.45) is 17.6. The highest BCUT2D eigenvalue weighted by Crippen LogP contribution is 2.16. The van der Waals surface area contributed by atoms with E-state index in [0.29, 0.717) is 52.7 Å². The minimum Gasteiger partial charge on any atom is -0.446 e. The molecule has 9 heteroatoms. The van der Waals surface area contributed by atoms with Gasteiger partial charge in [-0.3, -0.25) is 0 Å². The first-order chi connectivity index (χ1) is 17.2. The third-order valence-corrected chi connectivity index (χ3v) is 5.76. The number of carbonyl (C=O) groups is 2. The van der Waals surface area contributed by atoms with Crippen LogP contribution in [0.15, 0.2) is 24.3 Å². The van der Waals surface area contributed by atoms with Crippen LogP contribution in [0, 0.1) is 0 Å². The summed E-state index contributed by atoms with van der Waals surface area (Å²) in [5.41, 5.74) is 0. The molecule has 0 heterocycles. The number of nitrogens with one attached hydrogen (secondary N) is 2. The van der Waals surface area contributed by atoms with Crippen LogP contribution >= 0.6 is 0 Å². The van der Waals surface area contributed by atoms with Gasteiger partial charge in [-0.25, -0.2) is 9.59 Å². The molecule has 200 valence electrons. The quantitative estimate of drug-likeness (QED) is 0.273. The van der Waals surface area contributed by atoms with Gasteiger partial charge in [0.1, 0.15) is 12.2 Å². The van der Waals surface area contributed by atoms with Gasteiger partial charge in [-0.2, -0.15) is 0 Å². The van der Waals surface area contributed by atoms with Gasteiger partial charge in [0.25, 0.3) is 0 Å². The van der Waals surface area contributed by atoms with E-state index < -0.39 is 0 Å². The molecule has 0 fully saturated rings. The van der Waals surface area contributed by atoms with Crippen molar-refractivity contribution in [3.63, 3.8) is 0 Å². The second-order valence-electron chi connectivity index (χ2n) is 8.70. The van der Waals surface area contributed by atoms with Crippen molar-refractivity contribution in [2.75, 3.05) is 52.7 Å². The second-order valence-corrected chi connectivity index (χ2v) is 8.70. The van der Waals surface area contributed by atoms with Crippen LogP contribution in [0.3, 0.4) is 0 Å². The van der Waals surface area contributed by atoms with E-state index in [1.807, 2.05) is 0 Å². The van der Waals surface area contributed by atoms with Gasteiger partial charge >= 0.3 is 12.2 Å². The fourth-order valence-corrected chi connectivity index (χ4v) is 3.87. The van der Waals surface area contributed by atoms with Gasteiger partial charge in [-0.05, 0) is 64.2 Å². The van der Waals surface area contributed by atoms with Gasteiger partial charge in [0.2, 0.25) is 0 Å². The van der Waals surface area contributed by atoms with Crippen LogP contribution in [-0.2, 0) is 23.7 Å². The lowest BCUT2D eigenvalue weighted by Crippen LogP contribution is -2.32. The van der Waals surface area contributed by atoms with Crippen LogP contribution in [0.25, 0.3) is 0 Å². The Hall–Kier alpha value is -2.10. The zero-order valence-corrected chi connectivity index (χ0v) is 21.0. The summed E-state index contributed by atoms with van der Waals surface area (Å²) in [6, 6.07) is 0. The molecule has 0 saturated carbocycles. The monoisotopic (exact) mass is 496 g/mol. The molecule has 2 atom stereocenters. The van der Waals surface area contributed by atoms with Crippen LogP contribution in [0.4, 0.5) is 9.59 Å². The Labute approximate surface area is 209 Å². The van der Waals surface area contributed by atoms with Crippen molar-refractivity contribution >= 4 is 12.2 Å². The highest BCUT2D eigenvalue weighted by molar-refractivity contribution is 5.67. The first-order valence-corrected chi connectivity index (χ1v) is 13.2. The maximum absolute atomic E-state index is 11.9. The Morgan fingerprint density at radius 3 is 1.43 bits per heavy atom. The van der Waals surface area contributed by atoms with Crippen LogP contribution in [-0.4, -0.2) is 77.1 Å². The van der Waals surface area contributed by atoms with E-state index in [0.717, 1.165) is 64.2 Å². The number of rotatable bonds is 14. The zero-order valence-electron chi connectivity index (χ0n) is 21.0. The molecule has 0 spiro atoms. The van der Waals surface area contributed by atoms with E-state index >= 15 is 0 Å². The van der Waals surface area contributed by atoms with Gasteiger partial charge in [0.05, 0.1) is 39.6 Å². The minimum atomic E-state index is -0.378. The standard InChI is InChI=1S/C26H44N2O7/c29-25(34-23-11-7-3-1-4-8-12-23)27-15-17-31-19-21-33-22-20-32-18-16-28-26(30)35-24-13-9-5-2-6-10-14-24/h1-3,5,23-24H,4,6-22H2,(H,27,29)(H,28,30)/b3-1+,5-2+. The van der Waals surface area contributed by atoms with E-state index in [2.05, 4.69) is 34.9 Å². The lowest BCUT2D eigenvalue weighted by Gasteiger charge is -2.18. The third-order valence-electron chi connectivity index (χ3n) is 5.76. The van der Waals surface area contributed by atoms with Crippen molar-refractivity contribution in [3.05, 3.63) is 24.3 Å². The average Bonchev–Trinajstić information content (AvgIpc) is 2.80. The molecule has 35 heavy (non-hydrogen) atoms. The first kappa shape index (κ1) is 29.1. The molecule has 2 N–H and O–H groups in total. The lowest BCUT2D eigenvalue weighted by atomic mass is 10.0. The number of allylic oxidation sites excluding steroid dienone is 4. The molecule has 0 aromatic heterocycles. The lowest BCUT2D eigenvalue weighted by molar-refractivity contribution is 0.0148. The van der Waals surface area contributed by atoms with Crippen molar-refractivity contribution in [3.8, 4) is 0 Å². The Bertz CT molecular complexity index is 575. The van der Waals surface area contributed by atoms with E-state index in [-0.39, 0.29) is 24.4 Å². The van der Waals surface area contributed by atoms with Gasteiger partial charge in [-0.15, -0.1) is 0 Å². The van der Waals surface area contributed by atoms with Crippen molar-refractivity contribution in [2.45, 2.75) is 76.4 Å². The highest BCUT2D eigenvalue weighted by atomic mass is 16.6. The number of hydrogen-bond acceptors (Lipinski definition) is 7. The molecule has 0 aliphatic heterocycles. The summed E-state index contributed by atoms with van der Waals surface area (Å²) >= 11 is 0. The van der Waals surface area contributed by atoms with Gasteiger partial charge < -0.3 is 34.3 Å². The Morgan fingerprint density at radius 2 is 0.971 bits per heavy atom. The average molecular weight is 497 g/mol. The van der Waals surface area contributed by atoms with E-state index in [1.165, 1.54) is 0 Å². The third kappa shape index (κ3) is 16.2. The zero-order chi connectivity index (χ0) is 24.8. The van der Waals surface area contributed by atoms with E-state index in [9.17, 15) is 9.59 Å². The summed E-state index contributed by atoms with van der Waals surface area (Å²) in [4.78, 5) is 23.7. The summed E-state index contributed by atoms with van der Waals surface area (Å²) < 4.78 is 27.3. The van der Waals surface area contributed by atoms with Crippen molar-refractivity contribution in [1.82, 2.24) is 10.6 Å². The fraction of sp³-hybridized carbons (Fsp3) is 0.769. The SMILES string of the molecule is O=C(NCCOCCOCCOCCNC(=O)OC1CC/C=C/CCC1)OC1CC/C=C/CCC1. The van der Waals surface area contributed by atoms with Gasteiger partial charge in [0, 0.05) is 13.1 Å². The van der Waals surface area contributed by atoms with Gasteiger partial charge in [0.15, 0.2) is 0 Å². The fourth-order valence-electron chi connectivity index (χ4n) is 3.87. The topological polar surface area (TPSA) is 104 Å². The van der Waals surface area contributed by atoms with Crippen molar-refractivity contribution < 1.29 is 33.3 Å². The summed E-state index contributed by atoms with van der Waals surface area (Å²) in [5, 5.41) is 5.45. The van der Waals surface area contributed by atoms with Crippen LogP contribution in [0.1, 0.15) is 64.2 Å². The molecule has 0 saturated heterocycles. The summed E-state index contributed by atoms with van der Waals surface area (Å²) in [7, 11) is 0. The molecular weight excluding hydrogens is 452 g/mol. The molecule has 2 amide bonds. The molecule has 2 rings (SSSR count). The van der Waals surface area contributed by atoms with Crippen LogP contribution in [0.2, 0.25) is 0 Å². The molecule has 2 aliphatic carbocycles. The molecule has 0 aromatic carbocycles. The van der Waals surface area contributed by atoms with E-state index in [4.69, 9.17) is 23.7 Å². The number of amides is 2. The Balaban J connectivity index is 1.31. The molecule has 0 aromatic rings. The molecule has 2 aliphatic rings. The molecular formula is C26H44N2O7. The Morgan fingerprint density at radius 1 is 0.571 bits per heavy atom. The Kier molecular flexibility index (Phi) is 16.8. The summed E-state index contributed by atoms with van der Waals surface area (Å²) in [6.45, 7) is 3.40. The van der Waals surface area contributed by atoms with E-state index in [1.54, 1.807) is 0 Å². The van der Waals surface area contributed by atoms with Crippen molar-refractivity contribution in [2.24, 2.45) is 0 Å². The molecule has 0 radical (unpaired) electrons. The number of alkyl carbamates (subject to hydrolysis) is 2. The van der Waals surface area contributed by atoms with Crippen molar-refractivity contribution in [1.29, 1.82) is 0 Å². The largest absolute Gasteiger partial charge is 0.446 e. The molecule has 9 nitrogen and oxygen atoms in total. The predicted octanol–water partition coefficient (Wildman–Crippen LogP) is 4.27. The van der Waals surface area contributed by atoms with Gasteiger partial charge in [-0.1, -0.05) is 24.3 Å². The highest BCUT2D eigenvalue weighted by Gasteiger charge is 2.15. The molecule has 2 unspecified atom stereocenters. The first-order valence-electron chi connectivity index (χ1n) is 13.2. The minimum absolute atomic E-state index is 0.00482. The molecule has 0 bridgehead atoms. The number of carbonyl (C=O) groups excluding carboxylic acids is 2. The second kappa shape index (κ2) is 20.1. The summed E-state index contributed by atoms with van der Waals surface area (Å²) in [5.74, 6) is 0. The normalized spacial score (nSPS) is 22.5. The number of ether oxygens (including phenoxy) is 5. The maximum atomic E-state index is 11.9. The predicted molar refractivity (Wildman–Crippen MR) is 133 cm³/mol. The van der Waals surface area contributed by atoms with Crippen LogP contribution < -0.4 is 10.6 Å². The number of hydrogen-bond donors (Lipinski definition) is 2. The maximum Gasteiger partial charge on any atom is 0.407 e. The van der Waals surface area contributed by atoms with Crippen LogP contribution in [0.5, 0.6) is 0 Å².